The number of nitrogens with one attached hydrogen (secondary N) is 3. The molecule has 0 radical (unpaired) electrons. The predicted molar refractivity (Wildman–Crippen MR) is 131 cm³/mol. The van der Waals surface area contributed by atoms with Gasteiger partial charge < -0.3 is 16.0 Å². The molecule has 0 aliphatic rings. The lowest BCUT2D eigenvalue weighted by Gasteiger charge is -2.25. The van der Waals surface area contributed by atoms with E-state index in [4.69, 9.17) is 0 Å². The van der Waals surface area contributed by atoms with Gasteiger partial charge in [0.25, 0.3) is 0 Å². The number of rotatable bonds is 8. The first-order chi connectivity index (χ1) is 15.8. The van der Waals surface area contributed by atoms with Gasteiger partial charge in [-0.15, -0.1) is 0 Å². The molecule has 33 heavy (non-hydrogen) atoms. The van der Waals surface area contributed by atoms with Gasteiger partial charge in [0.15, 0.2) is 0 Å². The Hall–Kier alpha value is -3.93. The van der Waals surface area contributed by atoms with Crippen LogP contribution < -0.4 is 16.0 Å². The molecule has 0 saturated heterocycles. The van der Waals surface area contributed by atoms with Crippen LogP contribution in [0.2, 0.25) is 0 Å². The van der Waals surface area contributed by atoms with Crippen molar-refractivity contribution < 1.29 is 14.4 Å². The molecule has 6 heteroatoms. The molecule has 0 bridgehead atoms. The summed E-state index contributed by atoms with van der Waals surface area (Å²) >= 11 is 0. The van der Waals surface area contributed by atoms with E-state index in [0.717, 1.165) is 11.1 Å². The Labute approximate surface area is 194 Å². The van der Waals surface area contributed by atoms with Crippen LogP contribution in [0, 0.1) is 5.92 Å². The van der Waals surface area contributed by atoms with E-state index in [1.54, 1.807) is 24.3 Å². The monoisotopic (exact) mass is 443 g/mol. The smallest absolute Gasteiger partial charge is 0.247 e. The van der Waals surface area contributed by atoms with Crippen LogP contribution in [0.4, 0.5) is 11.4 Å². The number of hydrogen-bond donors (Lipinski definition) is 3. The fourth-order valence-electron chi connectivity index (χ4n) is 3.66. The van der Waals surface area contributed by atoms with E-state index >= 15 is 0 Å². The van der Waals surface area contributed by atoms with Crippen LogP contribution in [-0.4, -0.2) is 23.8 Å². The minimum Gasteiger partial charge on any atom is -0.343 e. The molecule has 0 saturated carbocycles. The molecule has 170 valence electrons. The molecule has 1 atom stereocenters. The second kappa shape index (κ2) is 11.1. The second-order valence-electron chi connectivity index (χ2n) is 8.24. The molecule has 0 aliphatic heterocycles. The maximum Gasteiger partial charge on any atom is 0.247 e. The molecular formula is C27H29N3O3. The van der Waals surface area contributed by atoms with Crippen molar-refractivity contribution in [2.45, 2.75) is 32.7 Å². The van der Waals surface area contributed by atoms with Crippen molar-refractivity contribution in [2.75, 3.05) is 10.6 Å². The summed E-state index contributed by atoms with van der Waals surface area (Å²) in [4.78, 5) is 37.9. The standard InChI is InChI=1S/C27H29N3O3/c1-18(2)25(27(33)29-23-16-10-15-22(17-23)28-19(3)31)30-26(32)24(20-11-6-4-7-12-20)21-13-8-5-9-14-21/h4-18,24-25H,1-3H3,(H,28,31)(H,29,33)(H,30,32)/t25-/m0/s1. The molecule has 0 heterocycles. The van der Waals surface area contributed by atoms with E-state index in [2.05, 4.69) is 16.0 Å². The lowest BCUT2D eigenvalue weighted by Crippen LogP contribution is -2.48. The molecule has 0 aliphatic carbocycles. The summed E-state index contributed by atoms with van der Waals surface area (Å²) in [6.07, 6.45) is 0. The average molecular weight is 444 g/mol. The molecule has 3 aromatic carbocycles. The van der Waals surface area contributed by atoms with Crippen LogP contribution in [0.5, 0.6) is 0 Å². The van der Waals surface area contributed by atoms with Gasteiger partial charge in [-0.25, -0.2) is 0 Å². The van der Waals surface area contributed by atoms with Crippen molar-refractivity contribution in [3.05, 3.63) is 96.1 Å². The van der Waals surface area contributed by atoms with Crippen LogP contribution in [-0.2, 0) is 14.4 Å². The Kier molecular flexibility index (Phi) is 7.97. The van der Waals surface area contributed by atoms with Crippen molar-refractivity contribution in [3.8, 4) is 0 Å². The van der Waals surface area contributed by atoms with Gasteiger partial charge in [0, 0.05) is 18.3 Å². The Balaban J connectivity index is 1.81. The van der Waals surface area contributed by atoms with Gasteiger partial charge in [0.2, 0.25) is 17.7 Å². The molecule has 6 nitrogen and oxygen atoms in total. The molecule has 3 rings (SSSR count). The van der Waals surface area contributed by atoms with Gasteiger partial charge in [0.05, 0.1) is 5.92 Å². The lowest BCUT2D eigenvalue weighted by atomic mass is 9.89. The van der Waals surface area contributed by atoms with Crippen molar-refractivity contribution >= 4 is 29.1 Å². The molecule has 0 fully saturated rings. The number of anilines is 2. The summed E-state index contributed by atoms with van der Waals surface area (Å²) in [5.74, 6) is -1.44. The topological polar surface area (TPSA) is 87.3 Å². The van der Waals surface area contributed by atoms with Crippen molar-refractivity contribution in [3.63, 3.8) is 0 Å². The third-order valence-corrected chi connectivity index (χ3v) is 5.23. The minimum absolute atomic E-state index is 0.139. The number of hydrogen-bond acceptors (Lipinski definition) is 3. The first-order valence-corrected chi connectivity index (χ1v) is 10.9. The Morgan fingerprint density at radius 1 is 0.667 bits per heavy atom. The van der Waals surface area contributed by atoms with Gasteiger partial charge in [-0.1, -0.05) is 80.6 Å². The highest BCUT2D eigenvalue weighted by molar-refractivity contribution is 5.99. The average Bonchev–Trinajstić information content (AvgIpc) is 2.78. The SMILES string of the molecule is CC(=O)Nc1cccc(NC(=O)[C@@H](NC(=O)C(c2ccccc2)c2ccccc2)C(C)C)c1. The van der Waals surface area contributed by atoms with E-state index in [-0.39, 0.29) is 23.6 Å². The van der Waals surface area contributed by atoms with Crippen LogP contribution in [0.1, 0.15) is 37.8 Å². The lowest BCUT2D eigenvalue weighted by molar-refractivity contribution is -0.127. The zero-order chi connectivity index (χ0) is 23.8. The fraction of sp³-hybridized carbons (Fsp3) is 0.222. The van der Waals surface area contributed by atoms with Gasteiger partial charge in [-0.2, -0.15) is 0 Å². The van der Waals surface area contributed by atoms with Gasteiger partial charge in [-0.05, 0) is 35.2 Å². The maximum atomic E-state index is 13.5. The van der Waals surface area contributed by atoms with Crippen molar-refractivity contribution in [1.29, 1.82) is 0 Å². The van der Waals surface area contributed by atoms with Gasteiger partial charge in [-0.3, -0.25) is 14.4 Å². The highest BCUT2D eigenvalue weighted by Gasteiger charge is 2.29. The van der Waals surface area contributed by atoms with E-state index < -0.39 is 12.0 Å². The zero-order valence-electron chi connectivity index (χ0n) is 19.0. The molecule has 3 amide bonds. The minimum atomic E-state index is -0.739. The first kappa shape index (κ1) is 23.7. The molecular weight excluding hydrogens is 414 g/mol. The largest absolute Gasteiger partial charge is 0.343 e. The van der Waals surface area contributed by atoms with Crippen molar-refractivity contribution in [2.24, 2.45) is 5.92 Å². The Morgan fingerprint density at radius 2 is 1.18 bits per heavy atom. The Morgan fingerprint density at radius 3 is 1.67 bits per heavy atom. The summed E-state index contributed by atoms with van der Waals surface area (Å²) in [7, 11) is 0. The number of amides is 3. The highest BCUT2D eigenvalue weighted by atomic mass is 16.2. The van der Waals surface area contributed by atoms with Gasteiger partial charge >= 0.3 is 0 Å². The molecule has 3 aromatic rings. The molecule has 0 spiro atoms. The van der Waals surface area contributed by atoms with Crippen molar-refractivity contribution in [1.82, 2.24) is 5.32 Å². The molecule has 0 aromatic heterocycles. The van der Waals surface area contributed by atoms with Crippen LogP contribution in [0.25, 0.3) is 0 Å². The Bertz CT molecular complexity index is 1060. The first-order valence-electron chi connectivity index (χ1n) is 10.9. The summed E-state index contributed by atoms with van der Waals surface area (Å²) in [5.41, 5.74) is 2.83. The van der Waals surface area contributed by atoms with E-state index in [1.165, 1.54) is 6.92 Å². The number of benzene rings is 3. The predicted octanol–water partition coefficient (Wildman–Crippen LogP) is 4.56. The highest BCUT2D eigenvalue weighted by Crippen LogP contribution is 2.25. The van der Waals surface area contributed by atoms with Crippen LogP contribution >= 0.6 is 0 Å². The number of carbonyl (C=O) groups excluding carboxylic acids is 3. The molecule has 3 N–H and O–H groups in total. The quantitative estimate of drug-likeness (QED) is 0.477. The third kappa shape index (κ3) is 6.53. The third-order valence-electron chi connectivity index (χ3n) is 5.23. The van der Waals surface area contributed by atoms with E-state index in [9.17, 15) is 14.4 Å². The normalized spacial score (nSPS) is 11.7. The summed E-state index contributed by atoms with van der Waals surface area (Å²) < 4.78 is 0. The summed E-state index contributed by atoms with van der Waals surface area (Å²) in [5, 5.41) is 8.51. The number of carbonyl (C=O) groups is 3. The maximum absolute atomic E-state index is 13.5. The zero-order valence-corrected chi connectivity index (χ0v) is 19.0. The summed E-state index contributed by atoms with van der Waals surface area (Å²) in [6, 6.07) is 25.2. The van der Waals surface area contributed by atoms with Crippen LogP contribution in [0.3, 0.4) is 0 Å². The summed E-state index contributed by atoms with van der Waals surface area (Å²) in [6.45, 7) is 5.20. The van der Waals surface area contributed by atoms with Crippen LogP contribution in [0.15, 0.2) is 84.9 Å². The van der Waals surface area contributed by atoms with Gasteiger partial charge in [0.1, 0.15) is 6.04 Å². The molecule has 0 unspecified atom stereocenters. The van der Waals surface area contributed by atoms with E-state index in [1.807, 2.05) is 74.5 Å². The fourth-order valence-corrected chi connectivity index (χ4v) is 3.66. The second-order valence-corrected chi connectivity index (χ2v) is 8.24. The van der Waals surface area contributed by atoms with E-state index in [0.29, 0.717) is 11.4 Å².